The maximum atomic E-state index is 5.12. The van der Waals surface area contributed by atoms with Crippen molar-refractivity contribution in [1.29, 1.82) is 0 Å². The Kier molecular flexibility index (Phi) is 5.10. The van der Waals surface area contributed by atoms with Gasteiger partial charge >= 0.3 is 0 Å². The lowest BCUT2D eigenvalue weighted by Crippen LogP contribution is -2.26. The summed E-state index contributed by atoms with van der Waals surface area (Å²) in [5, 5.41) is 3.46. The Morgan fingerprint density at radius 1 is 1.42 bits per heavy atom. The summed E-state index contributed by atoms with van der Waals surface area (Å²) < 4.78 is 5.12. The van der Waals surface area contributed by atoms with Crippen LogP contribution >= 0.6 is 0 Å². The molecule has 0 amide bonds. The van der Waals surface area contributed by atoms with E-state index in [0.29, 0.717) is 5.92 Å². The van der Waals surface area contributed by atoms with Crippen molar-refractivity contribution in [2.75, 3.05) is 45.2 Å². The van der Waals surface area contributed by atoms with Gasteiger partial charge in [0.05, 0.1) is 6.61 Å². The van der Waals surface area contributed by atoms with Crippen LogP contribution in [-0.2, 0) is 4.74 Å². The molecule has 2 rings (SSSR count). The van der Waals surface area contributed by atoms with Crippen LogP contribution in [0, 0.1) is 19.8 Å². The van der Waals surface area contributed by atoms with E-state index in [0.717, 1.165) is 43.3 Å². The molecular weight excluding hydrogens is 240 g/mol. The quantitative estimate of drug-likeness (QED) is 0.843. The largest absolute Gasteiger partial charge is 0.383 e. The van der Waals surface area contributed by atoms with Crippen molar-refractivity contribution in [3.8, 4) is 0 Å². The predicted molar refractivity (Wildman–Crippen MR) is 76.4 cm³/mol. The zero-order valence-corrected chi connectivity index (χ0v) is 12.1. The van der Waals surface area contributed by atoms with Gasteiger partial charge in [-0.2, -0.15) is 0 Å². The summed E-state index contributed by atoms with van der Waals surface area (Å²) in [6.07, 6.45) is 2.88. The van der Waals surface area contributed by atoms with Crippen LogP contribution in [0.1, 0.15) is 17.7 Å². The lowest BCUT2D eigenvalue weighted by Gasteiger charge is -2.16. The van der Waals surface area contributed by atoms with Gasteiger partial charge in [-0.25, -0.2) is 9.97 Å². The van der Waals surface area contributed by atoms with Gasteiger partial charge in [-0.15, -0.1) is 0 Å². The predicted octanol–water partition coefficient (Wildman–Crippen LogP) is 1.47. The van der Waals surface area contributed by atoms with E-state index in [1.807, 2.05) is 6.92 Å². The van der Waals surface area contributed by atoms with Crippen LogP contribution in [0.5, 0.6) is 0 Å². The van der Waals surface area contributed by atoms with Gasteiger partial charge in [0.2, 0.25) is 0 Å². The average molecular weight is 264 g/mol. The molecule has 0 saturated carbocycles. The lowest BCUT2D eigenvalue weighted by atomic mass is 10.1. The van der Waals surface area contributed by atoms with E-state index >= 15 is 0 Å². The van der Waals surface area contributed by atoms with Crippen LogP contribution in [0.4, 0.5) is 5.82 Å². The summed E-state index contributed by atoms with van der Waals surface area (Å²) in [4.78, 5) is 11.0. The molecule has 1 saturated heterocycles. The maximum Gasteiger partial charge on any atom is 0.132 e. The summed E-state index contributed by atoms with van der Waals surface area (Å²) in [6.45, 7) is 9.27. The fraction of sp³-hybridized carbons (Fsp3) is 0.714. The normalized spacial score (nSPS) is 19.8. The van der Waals surface area contributed by atoms with Crippen LogP contribution < -0.4 is 5.32 Å². The number of rotatable bonds is 6. The molecule has 5 nitrogen and oxygen atoms in total. The molecule has 1 aromatic heterocycles. The van der Waals surface area contributed by atoms with E-state index in [-0.39, 0.29) is 0 Å². The van der Waals surface area contributed by atoms with Gasteiger partial charge in [0, 0.05) is 38.0 Å². The number of nitrogens with zero attached hydrogens (tertiary/aromatic N) is 3. The van der Waals surface area contributed by atoms with Crippen LogP contribution in [-0.4, -0.2) is 54.8 Å². The van der Waals surface area contributed by atoms with Crippen molar-refractivity contribution >= 4 is 5.82 Å². The number of aryl methyl sites for hydroxylation is 1. The van der Waals surface area contributed by atoms with E-state index in [2.05, 4.69) is 27.1 Å². The summed E-state index contributed by atoms with van der Waals surface area (Å²) in [5.41, 5.74) is 2.20. The number of aromatic nitrogens is 2. The monoisotopic (exact) mass is 264 g/mol. The smallest absolute Gasteiger partial charge is 0.132 e. The van der Waals surface area contributed by atoms with Gasteiger partial charge in [-0.05, 0) is 32.7 Å². The molecule has 0 radical (unpaired) electrons. The topological polar surface area (TPSA) is 50.3 Å². The zero-order valence-electron chi connectivity index (χ0n) is 12.1. The fourth-order valence-corrected chi connectivity index (χ4v) is 2.46. The van der Waals surface area contributed by atoms with E-state index in [1.165, 1.54) is 13.0 Å². The molecule has 1 aliphatic heterocycles. The van der Waals surface area contributed by atoms with E-state index in [4.69, 9.17) is 4.74 Å². The van der Waals surface area contributed by atoms with Crippen LogP contribution in [0.3, 0.4) is 0 Å². The van der Waals surface area contributed by atoms with Crippen molar-refractivity contribution in [3.63, 3.8) is 0 Å². The molecule has 0 unspecified atom stereocenters. The van der Waals surface area contributed by atoms with Gasteiger partial charge in [0.15, 0.2) is 0 Å². The van der Waals surface area contributed by atoms with E-state index < -0.39 is 0 Å². The Bertz CT molecular complexity index is 410. The van der Waals surface area contributed by atoms with Gasteiger partial charge in [-0.1, -0.05) is 0 Å². The molecule has 0 bridgehead atoms. The van der Waals surface area contributed by atoms with Crippen molar-refractivity contribution in [1.82, 2.24) is 14.9 Å². The molecule has 106 valence electrons. The highest BCUT2D eigenvalue weighted by molar-refractivity contribution is 5.44. The number of nitrogens with one attached hydrogen (secondary N) is 1. The minimum atomic E-state index is 0.700. The third-order valence-electron chi connectivity index (χ3n) is 3.88. The molecule has 19 heavy (non-hydrogen) atoms. The molecule has 5 heteroatoms. The lowest BCUT2D eigenvalue weighted by molar-refractivity contribution is 0.159. The number of methoxy groups -OCH3 is 1. The van der Waals surface area contributed by atoms with Gasteiger partial charge < -0.3 is 15.0 Å². The molecule has 0 aliphatic carbocycles. The zero-order chi connectivity index (χ0) is 13.7. The van der Waals surface area contributed by atoms with Gasteiger partial charge in [0.25, 0.3) is 0 Å². The second kappa shape index (κ2) is 6.82. The fourth-order valence-electron chi connectivity index (χ4n) is 2.46. The SMILES string of the molecule is COCCN1CC[C@H](CNc2ncnc(C)c2C)C1. The summed E-state index contributed by atoms with van der Waals surface area (Å²) >= 11 is 0. The first kappa shape index (κ1) is 14.2. The maximum absolute atomic E-state index is 5.12. The first-order chi connectivity index (χ1) is 9.20. The van der Waals surface area contributed by atoms with Crippen LogP contribution in [0.2, 0.25) is 0 Å². The Balaban J connectivity index is 1.79. The standard InChI is InChI=1S/C14H24N4O/c1-11-12(2)16-10-17-14(11)15-8-13-4-5-18(9-13)6-7-19-3/h10,13H,4-9H2,1-3H3,(H,15,16,17)/t13-/m1/s1. The number of ether oxygens (including phenoxy) is 1. The van der Waals surface area contributed by atoms with Crippen molar-refractivity contribution in [3.05, 3.63) is 17.6 Å². The second-order valence-corrected chi connectivity index (χ2v) is 5.26. The highest BCUT2D eigenvalue weighted by Gasteiger charge is 2.22. The van der Waals surface area contributed by atoms with E-state index in [1.54, 1.807) is 13.4 Å². The number of likely N-dealkylation sites (tertiary alicyclic amines) is 1. The molecular formula is C14H24N4O. The van der Waals surface area contributed by atoms with Crippen LogP contribution in [0.15, 0.2) is 6.33 Å². The van der Waals surface area contributed by atoms with Gasteiger partial charge in [-0.3, -0.25) is 0 Å². The van der Waals surface area contributed by atoms with Crippen LogP contribution in [0.25, 0.3) is 0 Å². The molecule has 1 fully saturated rings. The van der Waals surface area contributed by atoms with Crippen molar-refractivity contribution in [2.45, 2.75) is 20.3 Å². The molecule has 2 heterocycles. The Hall–Kier alpha value is -1.20. The number of hydrogen-bond acceptors (Lipinski definition) is 5. The summed E-state index contributed by atoms with van der Waals surface area (Å²) in [6, 6.07) is 0. The van der Waals surface area contributed by atoms with Crippen molar-refractivity contribution in [2.24, 2.45) is 5.92 Å². The second-order valence-electron chi connectivity index (χ2n) is 5.26. The first-order valence-electron chi connectivity index (χ1n) is 6.94. The molecule has 0 spiro atoms. The van der Waals surface area contributed by atoms with Crippen molar-refractivity contribution < 1.29 is 4.74 Å². The van der Waals surface area contributed by atoms with E-state index in [9.17, 15) is 0 Å². The Morgan fingerprint density at radius 3 is 3.05 bits per heavy atom. The molecule has 1 aliphatic rings. The molecule has 1 atom stereocenters. The third kappa shape index (κ3) is 3.88. The summed E-state index contributed by atoms with van der Waals surface area (Å²) in [5.74, 6) is 1.68. The Morgan fingerprint density at radius 2 is 2.26 bits per heavy atom. The molecule has 1 N–H and O–H groups in total. The molecule has 0 aromatic carbocycles. The number of hydrogen-bond donors (Lipinski definition) is 1. The summed E-state index contributed by atoms with van der Waals surface area (Å²) in [7, 11) is 1.76. The Labute approximate surface area is 115 Å². The average Bonchev–Trinajstić information content (AvgIpc) is 2.86. The number of anilines is 1. The molecule has 1 aromatic rings. The van der Waals surface area contributed by atoms with Gasteiger partial charge in [0.1, 0.15) is 12.1 Å². The highest BCUT2D eigenvalue weighted by atomic mass is 16.5. The minimum Gasteiger partial charge on any atom is -0.383 e. The minimum absolute atomic E-state index is 0.700. The highest BCUT2D eigenvalue weighted by Crippen LogP contribution is 2.18. The third-order valence-corrected chi connectivity index (χ3v) is 3.88. The first-order valence-corrected chi connectivity index (χ1v) is 6.94.